The van der Waals surface area contributed by atoms with Crippen LogP contribution in [0.25, 0.3) is 11.1 Å². The monoisotopic (exact) mass is 703 g/mol. The van der Waals surface area contributed by atoms with E-state index in [0.29, 0.717) is 41.0 Å². The van der Waals surface area contributed by atoms with Crippen LogP contribution in [0.3, 0.4) is 0 Å². The molecule has 1 amide bonds. The van der Waals surface area contributed by atoms with E-state index in [9.17, 15) is 18.8 Å². The van der Waals surface area contributed by atoms with Crippen LogP contribution in [0.4, 0.5) is 4.39 Å². The maximum Gasteiger partial charge on any atom is 0.338 e. The summed E-state index contributed by atoms with van der Waals surface area (Å²) in [6, 6.07) is 37.6. The van der Waals surface area contributed by atoms with Gasteiger partial charge in [-0.25, -0.2) is 14.0 Å². The maximum atomic E-state index is 14.5. The van der Waals surface area contributed by atoms with Gasteiger partial charge in [-0.1, -0.05) is 84.9 Å². The lowest BCUT2D eigenvalue weighted by Crippen LogP contribution is -2.59. The van der Waals surface area contributed by atoms with Gasteiger partial charge in [0.25, 0.3) is 0 Å². The normalized spacial score (nSPS) is 19.6. The van der Waals surface area contributed by atoms with Gasteiger partial charge in [0.1, 0.15) is 23.8 Å². The minimum Gasteiger partial charge on any atom is -0.461 e. The van der Waals surface area contributed by atoms with Crippen molar-refractivity contribution in [3.63, 3.8) is 0 Å². The molecule has 0 unspecified atom stereocenters. The Hall–Kier alpha value is -5.84. The van der Waals surface area contributed by atoms with Crippen LogP contribution in [-0.4, -0.2) is 56.1 Å². The lowest BCUT2D eigenvalue weighted by atomic mass is 9.93. The summed E-state index contributed by atoms with van der Waals surface area (Å²) in [6.45, 7) is 1.81. The molecule has 5 aromatic rings. The van der Waals surface area contributed by atoms with Crippen molar-refractivity contribution in [3.8, 4) is 16.9 Å². The van der Waals surface area contributed by atoms with Crippen molar-refractivity contribution in [2.24, 2.45) is 0 Å². The number of amides is 1. The molecule has 1 aliphatic heterocycles. The van der Waals surface area contributed by atoms with Crippen LogP contribution in [-0.2, 0) is 30.2 Å². The molecule has 266 valence electrons. The van der Waals surface area contributed by atoms with Gasteiger partial charge in [0.2, 0.25) is 18.3 Å². The number of hydrogen-bond donors (Lipinski definition) is 1. The van der Waals surface area contributed by atoms with Gasteiger partial charge >= 0.3 is 11.9 Å². The zero-order valence-electron chi connectivity index (χ0n) is 28.6. The Bertz CT molecular complexity index is 1970. The molecule has 5 aromatic carbocycles. The Morgan fingerprint density at radius 3 is 1.92 bits per heavy atom. The van der Waals surface area contributed by atoms with Gasteiger partial charge in [-0.2, -0.15) is 0 Å². The summed E-state index contributed by atoms with van der Waals surface area (Å²) in [4.78, 5) is 38.8. The number of carbonyl (C=O) groups is 3. The Kier molecular flexibility index (Phi) is 11.7. The molecule has 0 bridgehead atoms. The molecule has 0 aromatic heterocycles. The van der Waals surface area contributed by atoms with Gasteiger partial charge in [-0.3, -0.25) is 4.79 Å². The topological polar surface area (TPSA) is 109 Å². The van der Waals surface area contributed by atoms with Crippen LogP contribution < -0.4 is 10.1 Å². The number of methoxy groups -OCH3 is 1. The zero-order valence-corrected chi connectivity index (χ0v) is 28.6. The molecule has 6 rings (SSSR count). The fraction of sp³-hybridized carbons (Fsp3) is 0.214. The summed E-state index contributed by atoms with van der Waals surface area (Å²) in [5.41, 5.74) is 3.37. The minimum atomic E-state index is -1.32. The zero-order chi connectivity index (χ0) is 36.5. The van der Waals surface area contributed by atoms with Gasteiger partial charge in [0.05, 0.1) is 11.1 Å². The lowest BCUT2D eigenvalue weighted by Gasteiger charge is -2.44. The first-order valence-corrected chi connectivity index (χ1v) is 16.9. The number of carbonyl (C=O) groups excluding carboxylic acids is 3. The van der Waals surface area contributed by atoms with Crippen LogP contribution in [0.2, 0.25) is 0 Å². The smallest absolute Gasteiger partial charge is 0.338 e. The molecule has 1 saturated heterocycles. The number of rotatable bonds is 12. The van der Waals surface area contributed by atoms with Gasteiger partial charge in [0, 0.05) is 20.6 Å². The highest BCUT2D eigenvalue weighted by atomic mass is 19.1. The van der Waals surface area contributed by atoms with Gasteiger partial charge < -0.3 is 29.0 Å². The molecule has 0 aliphatic carbocycles. The first-order valence-electron chi connectivity index (χ1n) is 16.9. The molecule has 9 nitrogen and oxygen atoms in total. The average Bonchev–Trinajstić information content (AvgIpc) is 3.17. The SMILES string of the molecule is CO[C@@H]1[C@@H](OC(=O)c2ccccc2)[C@@H](OC(=O)c2ccccc2)[C@H](Oc2ccc(CCNC(C)=O)c(-c3cccc(F)c3)c2)O[C@H]1c1ccccc1. The van der Waals surface area contributed by atoms with E-state index in [1.165, 1.54) is 26.2 Å². The summed E-state index contributed by atoms with van der Waals surface area (Å²) in [7, 11) is 1.47. The molecule has 1 aliphatic rings. The number of benzene rings is 5. The molecule has 1 heterocycles. The Labute approximate surface area is 301 Å². The van der Waals surface area contributed by atoms with Crippen LogP contribution >= 0.6 is 0 Å². The van der Waals surface area contributed by atoms with Crippen LogP contribution in [0, 0.1) is 5.82 Å². The van der Waals surface area contributed by atoms with E-state index in [1.807, 2.05) is 36.4 Å². The highest BCUT2D eigenvalue weighted by Crippen LogP contribution is 2.39. The quantitative estimate of drug-likeness (QED) is 0.137. The predicted molar refractivity (Wildman–Crippen MR) is 191 cm³/mol. The van der Waals surface area contributed by atoms with Crippen molar-refractivity contribution >= 4 is 17.8 Å². The van der Waals surface area contributed by atoms with E-state index in [4.69, 9.17) is 23.7 Å². The fourth-order valence-electron chi connectivity index (χ4n) is 6.14. The Morgan fingerprint density at radius 1 is 0.712 bits per heavy atom. The van der Waals surface area contributed by atoms with Crippen molar-refractivity contribution in [3.05, 3.63) is 162 Å². The molecule has 5 atom stereocenters. The fourth-order valence-corrected chi connectivity index (χ4v) is 6.14. The summed E-state index contributed by atoms with van der Waals surface area (Å²) < 4.78 is 45.9. The van der Waals surface area contributed by atoms with Crippen LogP contribution in [0.5, 0.6) is 5.75 Å². The standard InChI is InChI=1S/C42H38FNO8/c1-27(45)44-24-23-28-21-22-34(26-35(28)32-19-12-20-33(43)25-32)49-42-39(51-41(47)31-17-10-5-11-18-31)38(50-40(46)30-15-8-4-9-16-30)37(48-2)36(52-42)29-13-6-3-7-14-29/h3-22,25-26,36-39,42H,23-24H2,1-2H3,(H,44,45)/t36-,37-,38+,39+,42+/m0/s1. The molecular formula is C42H38FNO8. The predicted octanol–water partition coefficient (Wildman–Crippen LogP) is 7.11. The second-order valence-corrected chi connectivity index (χ2v) is 12.2. The molecule has 1 N–H and O–H groups in total. The molecule has 10 heteroatoms. The first kappa shape index (κ1) is 36.0. The molecule has 1 fully saturated rings. The number of ether oxygens (including phenoxy) is 5. The summed E-state index contributed by atoms with van der Waals surface area (Å²) >= 11 is 0. The summed E-state index contributed by atoms with van der Waals surface area (Å²) in [5, 5.41) is 2.80. The van der Waals surface area contributed by atoms with E-state index in [2.05, 4.69) is 5.32 Å². The van der Waals surface area contributed by atoms with Crippen LogP contribution in [0.1, 0.15) is 44.9 Å². The van der Waals surface area contributed by atoms with Gasteiger partial charge in [0.15, 0.2) is 6.10 Å². The van der Waals surface area contributed by atoms with Crippen molar-refractivity contribution in [1.82, 2.24) is 5.32 Å². The second-order valence-electron chi connectivity index (χ2n) is 12.2. The molecule has 0 spiro atoms. The number of esters is 2. The number of nitrogens with one attached hydrogen (secondary N) is 1. The Morgan fingerprint density at radius 2 is 1.33 bits per heavy atom. The molecule has 52 heavy (non-hydrogen) atoms. The highest BCUT2D eigenvalue weighted by Gasteiger charge is 2.52. The minimum absolute atomic E-state index is 0.164. The molecular weight excluding hydrogens is 665 g/mol. The van der Waals surface area contributed by atoms with Gasteiger partial charge in [-0.15, -0.1) is 0 Å². The third-order valence-electron chi connectivity index (χ3n) is 8.64. The molecule has 0 saturated carbocycles. The Balaban J connectivity index is 1.42. The van der Waals surface area contributed by atoms with Crippen LogP contribution in [0.15, 0.2) is 133 Å². The van der Waals surface area contributed by atoms with Crippen molar-refractivity contribution in [2.75, 3.05) is 13.7 Å². The van der Waals surface area contributed by atoms with E-state index in [0.717, 1.165) is 5.56 Å². The number of hydrogen-bond acceptors (Lipinski definition) is 8. The third kappa shape index (κ3) is 8.71. The van der Waals surface area contributed by atoms with Crippen molar-refractivity contribution < 1.29 is 42.5 Å². The van der Waals surface area contributed by atoms with Gasteiger partial charge in [-0.05, 0) is 77.2 Å². The van der Waals surface area contributed by atoms with E-state index < -0.39 is 48.5 Å². The second kappa shape index (κ2) is 16.9. The van der Waals surface area contributed by atoms with Crippen molar-refractivity contribution in [1.29, 1.82) is 0 Å². The average molecular weight is 704 g/mol. The third-order valence-corrected chi connectivity index (χ3v) is 8.64. The highest BCUT2D eigenvalue weighted by molar-refractivity contribution is 5.90. The van der Waals surface area contributed by atoms with E-state index in [-0.39, 0.29) is 11.5 Å². The first-order chi connectivity index (χ1) is 25.3. The lowest BCUT2D eigenvalue weighted by molar-refractivity contribution is -0.278. The van der Waals surface area contributed by atoms with E-state index in [1.54, 1.807) is 84.9 Å². The largest absolute Gasteiger partial charge is 0.461 e. The maximum absolute atomic E-state index is 14.5. The van der Waals surface area contributed by atoms with Crippen molar-refractivity contribution in [2.45, 2.75) is 44.1 Å². The summed E-state index contributed by atoms with van der Waals surface area (Å²) in [5.74, 6) is -1.62. The number of halogens is 1. The summed E-state index contributed by atoms with van der Waals surface area (Å²) in [6.07, 6.45) is -5.12. The van der Waals surface area contributed by atoms with E-state index >= 15 is 0 Å². The molecule has 0 radical (unpaired) electrons.